The Kier molecular flexibility index (Phi) is 2.71. The van der Waals surface area contributed by atoms with Gasteiger partial charge in [-0.1, -0.05) is 38.5 Å². The Bertz CT molecular complexity index is 176. The maximum absolute atomic E-state index is 11.2. The van der Waals surface area contributed by atoms with Crippen LogP contribution in [0.1, 0.15) is 57.8 Å². The largest absolute Gasteiger partial charge is 0.303 e. The van der Waals surface area contributed by atoms with Crippen LogP contribution in [-0.4, -0.2) is 6.29 Å². The molecule has 74 valence electrons. The van der Waals surface area contributed by atoms with Crippen molar-refractivity contribution in [2.75, 3.05) is 0 Å². The van der Waals surface area contributed by atoms with Gasteiger partial charge < -0.3 is 4.79 Å². The molecule has 0 aromatic carbocycles. The summed E-state index contributed by atoms with van der Waals surface area (Å²) in [5.74, 6) is 0.892. The van der Waals surface area contributed by atoms with E-state index in [9.17, 15) is 4.79 Å². The van der Waals surface area contributed by atoms with Crippen LogP contribution in [0.3, 0.4) is 0 Å². The van der Waals surface area contributed by atoms with Crippen molar-refractivity contribution < 1.29 is 4.79 Å². The van der Waals surface area contributed by atoms with E-state index in [-0.39, 0.29) is 5.41 Å². The fourth-order valence-electron chi connectivity index (χ4n) is 2.90. The van der Waals surface area contributed by atoms with Gasteiger partial charge in [0.1, 0.15) is 6.29 Å². The highest BCUT2D eigenvalue weighted by atomic mass is 16.1. The zero-order valence-electron chi connectivity index (χ0n) is 8.43. The summed E-state index contributed by atoms with van der Waals surface area (Å²) in [6, 6.07) is 0. The molecule has 2 aliphatic rings. The second-order valence-electron chi connectivity index (χ2n) is 5.04. The molecule has 2 saturated carbocycles. The Morgan fingerprint density at radius 1 is 1.08 bits per heavy atom. The lowest BCUT2D eigenvalue weighted by molar-refractivity contribution is -0.119. The molecule has 0 aromatic rings. The average molecular weight is 180 g/mol. The first kappa shape index (κ1) is 9.23. The summed E-state index contributed by atoms with van der Waals surface area (Å²) in [6.45, 7) is 0. The molecule has 0 bridgehead atoms. The lowest BCUT2D eigenvalue weighted by atomic mass is 9.66. The van der Waals surface area contributed by atoms with Crippen molar-refractivity contribution in [2.24, 2.45) is 11.3 Å². The van der Waals surface area contributed by atoms with Crippen LogP contribution in [0.4, 0.5) is 0 Å². The fourth-order valence-corrected chi connectivity index (χ4v) is 2.90. The van der Waals surface area contributed by atoms with Crippen molar-refractivity contribution in [3.05, 3.63) is 0 Å². The molecular weight excluding hydrogens is 160 g/mol. The standard InChI is InChI=1S/C12H20O/c13-10-12(7-2-1-3-8-12)9-11-5-4-6-11/h10-11H,1-9H2. The average Bonchev–Trinajstić information content (AvgIpc) is 2.13. The van der Waals surface area contributed by atoms with Gasteiger partial charge in [0.25, 0.3) is 0 Å². The predicted octanol–water partition coefficient (Wildman–Crippen LogP) is 3.33. The van der Waals surface area contributed by atoms with Crippen LogP contribution < -0.4 is 0 Å². The van der Waals surface area contributed by atoms with Crippen LogP contribution in [0.25, 0.3) is 0 Å². The summed E-state index contributed by atoms with van der Waals surface area (Å²) in [7, 11) is 0. The molecule has 0 N–H and O–H groups in total. The van der Waals surface area contributed by atoms with Gasteiger partial charge in [0, 0.05) is 5.41 Å². The maximum atomic E-state index is 11.2. The van der Waals surface area contributed by atoms with Crippen LogP contribution >= 0.6 is 0 Å². The second-order valence-corrected chi connectivity index (χ2v) is 5.04. The molecule has 2 aliphatic carbocycles. The highest BCUT2D eigenvalue weighted by molar-refractivity contribution is 5.59. The lowest BCUT2D eigenvalue weighted by Crippen LogP contribution is -2.30. The first-order valence-corrected chi connectivity index (χ1v) is 5.81. The van der Waals surface area contributed by atoms with Gasteiger partial charge in [0.05, 0.1) is 0 Å². The summed E-state index contributed by atoms with van der Waals surface area (Å²) in [5, 5.41) is 0. The normalized spacial score (nSPS) is 28.0. The van der Waals surface area contributed by atoms with Gasteiger partial charge in [-0.25, -0.2) is 0 Å². The summed E-state index contributed by atoms with van der Waals surface area (Å²) in [4.78, 5) is 11.2. The summed E-state index contributed by atoms with van der Waals surface area (Å²) in [6.07, 6.45) is 12.9. The third-order valence-corrected chi connectivity index (χ3v) is 4.02. The van der Waals surface area contributed by atoms with Crippen molar-refractivity contribution in [3.8, 4) is 0 Å². The molecule has 0 spiro atoms. The van der Waals surface area contributed by atoms with Gasteiger partial charge in [0.2, 0.25) is 0 Å². The van der Waals surface area contributed by atoms with Crippen LogP contribution in [0.2, 0.25) is 0 Å². The molecule has 0 amide bonds. The number of hydrogen-bond donors (Lipinski definition) is 0. The van der Waals surface area contributed by atoms with Gasteiger partial charge in [0.15, 0.2) is 0 Å². The Morgan fingerprint density at radius 2 is 1.77 bits per heavy atom. The molecule has 0 unspecified atom stereocenters. The summed E-state index contributed by atoms with van der Waals surface area (Å²) < 4.78 is 0. The molecule has 0 saturated heterocycles. The molecule has 0 aromatic heterocycles. The Morgan fingerprint density at radius 3 is 2.23 bits per heavy atom. The molecule has 1 heteroatoms. The molecule has 1 nitrogen and oxygen atoms in total. The van der Waals surface area contributed by atoms with E-state index in [1.165, 1.54) is 64.1 Å². The molecule has 0 heterocycles. The third-order valence-electron chi connectivity index (χ3n) is 4.02. The maximum Gasteiger partial charge on any atom is 0.126 e. The van der Waals surface area contributed by atoms with E-state index in [1.807, 2.05) is 0 Å². The van der Waals surface area contributed by atoms with Crippen molar-refractivity contribution in [1.29, 1.82) is 0 Å². The highest BCUT2D eigenvalue weighted by Crippen LogP contribution is 2.44. The van der Waals surface area contributed by atoms with E-state index in [0.29, 0.717) is 0 Å². The molecule has 0 radical (unpaired) electrons. The first-order valence-electron chi connectivity index (χ1n) is 5.81. The number of hydrogen-bond acceptors (Lipinski definition) is 1. The second kappa shape index (κ2) is 3.81. The van der Waals surface area contributed by atoms with Crippen molar-refractivity contribution in [2.45, 2.75) is 57.8 Å². The lowest BCUT2D eigenvalue weighted by Gasteiger charge is -2.38. The van der Waals surface area contributed by atoms with E-state index in [4.69, 9.17) is 0 Å². The van der Waals surface area contributed by atoms with E-state index in [2.05, 4.69) is 0 Å². The minimum atomic E-state index is 0.114. The van der Waals surface area contributed by atoms with Crippen molar-refractivity contribution in [3.63, 3.8) is 0 Å². The summed E-state index contributed by atoms with van der Waals surface area (Å²) >= 11 is 0. The quantitative estimate of drug-likeness (QED) is 0.609. The van der Waals surface area contributed by atoms with E-state index >= 15 is 0 Å². The Balaban J connectivity index is 1.91. The van der Waals surface area contributed by atoms with E-state index in [0.717, 1.165) is 5.92 Å². The minimum Gasteiger partial charge on any atom is -0.303 e. The van der Waals surface area contributed by atoms with Gasteiger partial charge in [-0.15, -0.1) is 0 Å². The molecule has 13 heavy (non-hydrogen) atoms. The Hall–Kier alpha value is -0.330. The summed E-state index contributed by atoms with van der Waals surface area (Å²) in [5.41, 5.74) is 0.114. The zero-order chi connectivity index (χ0) is 9.15. The first-order chi connectivity index (χ1) is 6.35. The van der Waals surface area contributed by atoms with Crippen LogP contribution in [0, 0.1) is 11.3 Å². The molecule has 2 fully saturated rings. The topological polar surface area (TPSA) is 17.1 Å². The van der Waals surface area contributed by atoms with E-state index in [1.54, 1.807) is 0 Å². The van der Waals surface area contributed by atoms with Gasteiger partial charge in [-0.2, -0.15) is 0 Å². The molecule has 0 atom stereocenters. The zero-order valence-corrected chi connectivity index (χ0v) is 8.43. The van der Waals surface area contributed by atoms with Crippen LogP contribution in [0.15, 0.2) is 0 Å². The minimum absolute atomic E-state index is 0.114. The molecular formula is C12H20O. The number of carbonyl (C=O) groups excluding carboxylic acids is 1. The van der Waals surface area contributed by atoms with Gasteiger partial charge in [-0.05, 0) is 25.2 Å². The predicted molar refractivity (Wildman–Crippen MR) is 53.5 cm³/mol. The highest BCUT2D eigenvalue weighted by Gasteiger charge is 2.35. The van der Waals surface area contributed by atoms with Crippen molar-refractivity contribution >= 4 is 6.29 Å². The Labute approximate surface area is 80.9 Å². The monoisotopic (exact) mass is 180 g/mol. The number of aldehydes is 1. The van der Waals surface area contributed by atoms with Gasteiger partial charge in [-0.3, -0.25) is 0 Å². The SMILES string of the molecule is O=CC1(CC2CCC2)CCCCC1. The molecule has 0 aliphatic heterocycles. The number of rotatable bonds is 3. The fraction of sp³-hybridized carbons (Fsp3) is 0.917. The van der Waals surface area contributed by atoms with Crippen LogP contribution in [-0.2, 0) is 4.79 Å². The van der Waals surface area contributed by atoms with Gasteiger partial charge >= 0.3 is 0 Å². The third kappa shape index (κ3) is 1.95. The van der Waals surface area contributed by atoms with Crippen LogP contribution in [0.5, 0.6) is 0 Å². The number of carbonyl (C=O) groups is 1. The van der Waals surface area contributed by atoms with E-state index < -0.39 is 0 Å². The molecule has 2 rings (SSSR count). The smallest absolute Gasteiger partial charge is 0.126 e. The van der Waals surface area contributed by atoms with Crippen molar-refractivity contribution in [1.82, 2.24) is 0 Å².